The molecule has 1 aliphatic rings. The topological polar surface area (TPSA) is 138 Å². The minimum Gasteiger partial charge on any atom is -0.360 e. The number of fused-ring (bicyclic) bond motifs is 1. The Morgan fingerprint density at radius 1 is 1.17 bits per heavy atom. The number of carbonyl (C=O) groups is 1. The zero-order valence-electron chi connectivity index (χ0n) is 16.1. The maximum absolute atomic E-state index is 13.2. The van der Waals surface area contributed by atoms with Crippen molar-refractivity contribution in [1.82, 2.24) is 24.4 Å². The molecular formula is C18H20N6O5. The van der Waals surface area contributed by atoms with Gasteiger partial charge < -0.3 is 14.4 Å². The van der Waals surface area contributed by atoms with Gasteiger partial charge in [0.05, 0.1) is 0 Å². The number of hydrogen-bond donors (Lipinski definition) is 1. The highest BCUT2D eigenvalue weighted by Crippen LogP contribution is 2.21. The largest absolute Gasteiger partial charge is 0.360 e. The normalized spacial score (nSPS) is 13.7. The Bertz CT molecular complexity index is 1180. The molecule has 0 saturated carbocycles. The smallest absolute Gasteiger partial charge is 0.331 e. The molecule has 29 heavy (non-hydrogen) atoms. The van der Waals surface area contributed by atoms with E-state index in [1.807, 2.05) is 0 Å². The van der Waals surface area contributed by atoms with Gasteiger partial charge >= 0.3 is 5.69 Å². The summed E-state index contributed by atoms with van der Waals surface area (Å²) in [6.07, 6.45) is 3.14. The first-order valence-electron chi connectivity index (χ1n) is 9.34. The molecule has 0 atom stereocenters. The molecule has 3 aromatic heterocycles. The van der Waals surface area contributed by atoms with Crippen LogP contribution in [0.15, 0.2) is 24.7 Å². The summed E-state index contributed by atoms with van der Waals surface area (Å²) in [5.74, 6) is 0.603. The fourth-order valence-corrected chi connectivity index (χ4v) is 3.49. The van der Waals surface area contributed by atoms with Crippen LogP contribution in [0.5, 0.6) is 0 Å². The number of anilines is 1. The first-order chi connectivity index (χ1) is 13.9. The van der Waals surface area contributed by atoms with E-state index >= 15 is 0 Å². The molecular weight excluding hydrogens is 380 g/mol. The van der Waals surface area contributed by atoms with E-state index in [-0.39, 0.29) is 17.2 Å². The molecule has 4 rings (SSSR count). The van der Waals surface area contributed by atoms with Crippen LogP contribution in [0.3, 0.4) is 0 Å². The second-order valence-corrected chi connectivity index (χ2v) is 6.97. The van der Waals surface area contributed by atoms with Gasteiger partial charge in [0, 0.05) is 25.2 Å². The summed E-state index contributed by atoms with van der Waals surface area (Å²) >= 11 is 0. The minimum absolute atomic E-state index is 0.124. The second-order valence-electron chi connectivity index (χ2n) is 6.97. The summed E-state index contributed by atoms with van der Waals surface area (Å²) in [5.41, 5.74) is -0.353. The zero-order chi connectivity index (χ0) is 20.5. The van der Waals surface area contributed by atoms with E-state index in [2.05, 4.69) is 20.6 Å². The van der Waals surface area contributed by atoms with E-state index in [9.17, 15) is 14.4 Å². The van der Waals surface area contributed by atoms with E-state index in [0.717, 1.165) is 23.8 Å². The van der Waals surface area contributed by atoms with Crippen LogP contribution in [0.1, 0.15) is 36.6 Å². The summed E-state index contributed by atoms with van der Waals surface area (Å²) in [5, 5.41) is 10.1. The molecule has 1 aliphatic heterocycles. The molecule has 1 amide bonds. The van der Waals surface area contributed by atoms with E-state index < -0.39 is 23.7 Å². The Balaban J connectivity index is 1.79. The molecule has 11 nitrogen and oxygen atoms in total. The van der Waals surface area contributed by atoms with Crippen molar-refractivity contribution in [3.05, 3.63) is 44.2 Å². The fourth-order valence-electron chi connectivity index (χ4n) is 3.49. The van der Waals surface area contributed by atoms with Gasteiger partial charge in [-0.2, -0.15) is 4.98 Å². The van der Waals surface area contributed by atoms with Crippen molar-refractivity contribution in [3.63, 3.8) is 0 Å². The highest BCUT2D eigenvalue weighted by Gasteiger charge is 2.25. The lowest BCUT2D eigenvalue weighted by atomic mass is 10.1. The monoisotopic (exact) mass is 400 g/mol. The maximum Gasteiger partial charge on any atom is 0.331 e. The molecule has 0 spiro atoms. The first-order valence-corrected chi connectivity index (χ1v) is 9.34. The number of aryl methyl sites for hydroxylation is 2. The quantitative estimate of drug-likeness (QED) is 0.685. The van der Waals surface area contributed by atoms with Crippen molar-refractivity contribution in [3.8, 4) is 11.4 Å². The van der Waals surface area contributed by atoms with Gasteiger partial charge in [-0.05, 0) is 26.2 Å². The lowest BCUT2D eigenvalue weighted by molar-refractivity contribution is -0.116. The lowest BCUT2D eigenvalue weighted by Gasteiger charge is -2.15. The van der Waals surface area contributed by atoms with Crippen molar-refractivity contribution in [2.75, 3.05) is 5.32 Å². The highest BCUT2D eigenvalue weighted by molar-refractivity contribution is 5.89. The number of nitrogens with zero attached hydrogens (tertiary/aromatic N) is 5. The van der Waals surface area contributed by atoms with Crippen LogP contribution in [0.4, 0.5) is 5.82 Å². The van der Waals surface area contributed by atoms with E-state index in [1.165, 1.54) is 6.07 Å². The number of amides is 1. The van der Waals surface area contributed by atoms with Crippen LogP contribution in [-0.4, -0.2) is 30.3 Å². The molecule has 0 aromatic carbocycles. The number of aromatic nitrogens is 5. The van der Waals surface area contributed by atoms with Gasteiger partial charge in [0.1, 0.15) is 17.9 Å². The first kappa shape index (κ1) is 18.8. The molecule has 1 N–H and O–H groups in total. The lowest BCUT2D eigenvalue weighted by Crippen LogP contribution is -2.44. The van der Waals surface area contributed by atoms with Gasteiger partial charge in [-0.3, -0.25) is 18.7 Å². The molecule has 0 bridgehead atoms. The van der Waals surface area contributed by atoms with Crippen molar-refractivity contribution in [2.24, 2.45) is 0 Å². The average molecular weight is 400 g/mol. The van der Waals surface area contributed by atoms with Gasteiger partial charge in [-0.15, -0.1) is 0 Å². The van der Waals surface area contributed by atoms with Crippen LogP contribution in [0, 0.1) is 13.8 Å². The summed E-state index contributed by atoms with van der Waals surface area (Å²) in [4.78, 5) is 42.8. The Morgan fingerprint density at radius 3 is 2.69 bits per heavy atom. The predicted octanol–water partition coefficient (Wildman–Crippen LogP) is 1.03. The zero-order valence-corrected chi connectivity index (χ0v) is 16.1. The third-order valence-corrected chi connectivity index (χ3v) is 4.78. The molecule has 0 saturated heterocycles. The highest BCUT2D eigenvalue weighted by atomic mass is 16.5. The van der Waals surface area contributed by atoms with Crippen LogP contribution in [0.2, 0.25) is 0 Å². The van der Waals surface area contributed by atoms with Gasteiger partial charge in [-0.25, -0.2) is 4.79 Å². The summed E-state index contributed by atoms with van der Waals surface area (Å²) in [6, 6.07) is 1.54. The molecule has 3 aromatic rings. The molecule has 0 radical (unpaired) electrons. The third kappa shape index (κ3) is 3.62. The number of carbonyl (C=O) groups excluding carboxylic acids is 1. The Labute approximate surface area is 164 Å². The van der Waals surface area contributed by atoms with E-state index in [0.29, 0.717) is 30.3 Å². The van der Waals surface area contributed by atoms with Gasteiger partial charge in [0.25, 0.3) is 5.56 Å². The predicted molar refractivity (Wildman–Crippen MR) is 100 cm³/mol. The molecule has 11 heteroatoms. The number of hydrogen-bond acceptors (Lipinski definition) is 8. The van der Waals surface area contributed by atoms with Gasteiger partial charge in [0.2, 0.25) is 17.6 Å². The maximum atomic E-state index is 13.2. The third-order valence-electron chi connectivity index (χ3n) is 4.78. The van der Waals surface area contributed by atoms with Crippen LogP contribution in [0.25, 0.3) is 11.4 Å². The standard InChI is InChI=1S/C18H20N6O5/c1-10-8-13(21-28-10)20-14(25)9-24-17(26)15(16-19-11(2)29-22-16)12-6-4-3-5-7-23(12)18(24)27/h8H,3-7,9H2,1-2H3,(H,20,21,25). The van der Waals surface area contributed by atoms with Crippen LogP contribution < -0.4 is 16.6 Å². The van der Waals surface area contributed by atoms with Crippen molar-refractivity contribution < 1.29 is 13.8 Å². The summed E-state index contributed by atoms with van der Waals surface area (Å²) < 4.78 is 12.4. The molecule has 0 unspecified atom stereocenters. The van der Waals surface area contributed by atoms with Crippen LogP contribution >= 0.6 is 0 Å². The SMILES string of the molecule is Cc1cc(NC(=O)Cn2c(=O)c(-c3noc(C)n3)c3n(c2=O)CCCCC3)no1. The minimum atomic E-state index is -0.615. The molecule has 152 valence electrons. The van der Waals surface area contributed by atoms with E-state index in [1.54, 1.807) is 18.4 Å². The van der Waals surface area contributed by atoms with Crippen molar-refractivity contribution in [2.45, 2.75) is 52.6 Å². The fraction of sp³-hybridized carbons (Fsp3) is 0.444. The average Bonchev–Trinajstić information content (AvgIpc) is 3.19. The Hall–Kier alpha value is -3.50. The number of nitrogens with one attached hydrogen (secondary N) is 1. The van der Waals surface area contributed by atoms with Crippen molar-refractivity contribution in [1.29, 1.82) is 0 Å². The van der Waals surface area contributed by atoms with Gasteiger partial charge in [-0.1, -0.05) is 16.7 Å². The molecule has 0 fully saturated rings. The van der Waals surface area contributed by atoms with Crippen LogP contribution in [-0.2, 0) is 24.3 Å². The summed E-state index contributed by atoms with van der Waals surface area (Å²) in [7, 11) is 0. The second kappa shape index (κ2) is 7.49. The Morgan fingerprint density at radius 2 is 2.00 bits per heavy atom. The molecule has 0 aliphatic carbocycles. The molecule has 4 heterocycles. The van der Waals surface area contributed by atoms with Crippen molar-refractivity contribution >= 4 is 11.7 Å². The number of rotatable bonds is 4. The Kier molecular flexibility index (Phi) is 4.87. The van der Waals surface area contributed by atoms with Gasteiger partial charge in [0.15, 0.2) is 5.82 Å². The van der Waals surface area contributed by atoms with E-state index in [4.69, 9.17) is 9.05 Å². The summed E-state index contributed by atoms with van der Waals surface area (Å²) in [6.45, 7) is 3.30.